The number of likely N-dealkylation sites (tertiary alicyclic amines) is 2. The lowest BCUT2D eigenvalue weighted by atomic mass is 9.95. The molecule has 2 heterocycles. The third-order valence-electron chi connectivity index (χ3n) is 4.97. The van der Waals surface area contributed by atoms with E-state index in [2.05, 4.69) is 24.2 Å². The van der Waals surface area contributed by atoms with Crippen LogP contribution in [0.4, 0.5) is 4.79 Å². The number of nitrogens with zero attached hydrogens (tertiary/aromatic N) is 2. The first-order valence-corrected chi connectivity index (χ1v) is 9.20. The van der Waals surface area contributed by atoms with E-state index >= 15 is 0 Å². The van der Waals surface area contributed by atoms with Crippen LogP contribution in [0.2, 0.25) is 0 Å². The Morgan fingerprint density at radius 1 is 1.13 bits per heavy atom. The summed E-state index contributed by atoms with van der Waals surface area (Å²) >= 11 is 0. The number of carbonyl (C=O) groups is 1. The summed E-state index contributed by atoms with van der Waals surface area (Å²) in [6.45, 7) is 11.2. The fraction of sp³-hybridized carbons (Fsp3) is 0.944. The van der Waals surface area contributed by atoms with Crippen molar-refractivity contribution in [2.75, 3.05) is 26.7 Å². The molecule has 2 rings (SSSR count). The molecule has 0 aromatic rings. The van der Waals surface area contributed by atoms with E-state index in [9.17, 15) is 4.79 Å². The van der Waals surface area contributed by atoms with Gasteiger partial charge >= 0.3 is 6.09 Å². The smallest absolute Gasteiger partial charge is 0.410 e. The minimum absolute atomic E-state index is 0.153. The molecule has 0 aromatic heterocycles. The monoisotopic (exact) mass is 325 g/mol. The van der Waals surface area contributed by atoms with Crippen LogP contribution in [0, 0.1) is 0 Å². The number of amides is 1. The molecule has 2 aliphatic heterocycles. The summed E-state index contributed by atoms with van der Waals surface area (Å²) < 4.78 is 5.61. The van der Waals surface area contributed by atoms with Gasteiger partial charge in [-0.2, -0.15) is 0 Å². The van der Waals surface area contributed by atoms with Crippen LogP contribution in [0.25, 0.3) is 0 Å². The first-order chi connectivity index (χ1) is 10.8. The number of rotatable bonds is 3. The van der Waals surface area contributed by atoms with E-state index < -0.39 is 5.60 Å². The summed E-state index contributed by atoms with van der Waals surface area (Å²) in [7, 11) is 2.19. The Hall–Kier alpha value is -0.810. The average molecular weight is 325 g/mol. The quantitative estimate of drug-likeness (QED) is 0.866. The van der Waals surface area contributed by atoms with Gasteiger partial charge < -0.3 is 19.9 Å². The minimum Gasteiger partial charge on any atom is -0.444 e. The second-order valence-corrected chi connectivity index (χ2v) is 8.27. The van der Waals surface area contributed by atoms with Crippen LogP contribution >= 0.6 is 0 Å². The van der Waals surface area contributed by atoms with E-state index in [4.69, 9.17) is 4.74 Å². The van der Waals surface area contributed by atoms with Gasteiger partial charge in [0.2, 0.25) is 0 Å². The van der Waals surface area contributed by atoms with Gasteiger partial charge in [0.1, 0.15) is 5.60 Å². The van der Waals surface area contributed by atoms with Gasteiger partial charge in [0.15, 0.2) is 0 Å². The highest BCUT2D eigenvalue weighted by atomic mass is 16.6. The highest BCUT2D eigenvalue weighted by molar-refractivity contribution is 5.68. The van der Waals surface area contributed by atoms with E-state index in [0.29, 0.717) is 12.1 Å². The van der Waals surface area contributed by atoms with Gasteiger partial charge in [-0.25, -0.2) is 4.79 Å². The van der Waals surface area contributed by atoms with Crippen LogP contribution in [-0.4, -0.2) is 66.3 Å². The van der Waals surface area contributed by atoms with Gasteiger partial charge in [-0.1, -0.05) is 0 Å². The van der Waals surface area contributed by atoms with Gasteiger partial charge in [0.05, 0.1) is 6.04 Å². The van der Waals surface area contributed by atoms with Crippen molar-refractivity contribution in [1.82, 2.24) is 15.1 Å². The van der Waals surface area contributed by atoms with E-state index in [1.807, 2.05) is 25.7 Å². The molecular weight excluding hydrogens is 290 g/mol. The Morgan fingerprint density at radius 2 is 1.78 bits per heavy atom. The Bertz CT molecular complexity index is 386. The molecule has 0 aliphatic carbocycles. The zero-order chi connectivity index (χ0) is 17.0. The average Bonchev–Trinajstić information content (AvgIpc) is 2.48. The number of nitrogens with one attached hydrogen (secondary N) is 1. The first-order valence-electron chi connectivity index (χ1n) is 9.20. The van der Waals surface area contributed by atoms with Gasteiger partial charge in [0, 0.05) is 18.6 Å². The molecule has 5 nitrogen and oxygen atoms in total. The summed E-state index contributed by atoms with van der Waals surface area (Å²) in [5, 5.41) is 3.78. The van der Waals surface area contributed by atoms with Crippen LogP contribution < -0.4 is 5.32 Å². The number of hydrogen-bond acceptors (Lipinski definition) is 4. The molecule has 0 radical (unpaired) electrons. The summed E-state index contributed by atoms with van der Waals surface area (Å²) in [6.07, 6.45) is 5.58. The SMILES string of the molecule is CC(NC1CCN(C)CC1)[C@@H]1CCCCN1C(=O)OC(C)(C)C. The topological polar surface area (TPSA) is 44.8 Å². The lowest BCUT2D eigenvalue weighted by Crippen LogP contribution is -2.56. The van der Waals surface area contributed by atoms with Gasteiger partial charge in [-0.3, -0.25) is 0 Å². The fourth-order valence-corrected chi connectivity index (χ4v) is 3.68. The van der Waals surface area contributed by atoms with Crippen molar-refractivity contribution in [3.63, 3.8) is 0 Å². The summed E-state index contributed by atoms with van der Waals surface area (Å²) in [4.78, 5) is 16.9. The van der Waals surface area contributed by atoms with Crippen molar-refractivity contribution in [2.45, 2.75) is 83.5 Å². The normalized spacial score (nSPS) is 26.1. The van der Waals surface area contributed by atoms with Crippen molar-refractivity contribution >= 4 is 6.09 Å². The minimum atomic E-state index is -0.427. The standard InChI is InChI=1S/C18H35N3O2/c1-14(19-15-9-12-20(5)13-10-15)16-8-6-7-11-21(16)17(22)23-18(2,3)4/h14-16,19H,6-13H2,1-5H3/t14?,16-/m0/s1. The lowest BCUT2D eigenvalue weighted by molar-refractivity contribution is 0.00460. The Balaban J connectivity index is 1.92. The van der Waals surface area contributed by atoms with Crippen molar-refractivity contribution in [2.24, 2.45) is 0 Å². The van der Waals surface area contributed by atoms with E-state index in [-0.39, 0.29) is 12.1 Å². The molecule has 5 heteroatoms. The van der Waals surface area contributed by atoms with Crippen molar-refractivity contribution in [1.29, 1.82) is 0 Å². The Labute approximate surface area is 141 Å². The van der Waals surface area contributed by atoms with E-state index in [1.165, 1.54) is 19.3 Å². The molecule has 0 aromatic carbocycles. The Morgan fingerprint density at radius 3 is 2.39 bits per heavy atom. The highest BCUT2D eigenvalue weighted by Crippen LogP contribution is 2.23. The number of piperidine rings is 2. The number of ether oxygens (including phenoxy) is 1. The van der Waals surface area contributed by atoms with Gasteiger partial charge in [-0.05, 0) is 79.9 Å². The second-order valence-electron chi connectivity index (χ2n) is 8.27. The molecule has 2 fully saturated rings. The number of hydrogen-bond donors (Lipinski definition) is 1. The predicted molar refractivity (Wildman–Crippen MR) is 93.7 cm³/mol. The maximum atomic E-state index is 12.5. The van der Waals surface area contributed by atoms with Gasteiger partial charge in [0.25, 0.3) is 0 Å². The fourth-order valence-electron chi connectivity index (χ4n) is 3.68. The van der Waals surface area contributed by atoms with Crippen LogP contribution in [0.3, 0.4) is 0 Å². The second kappa shape index (κ2) is 7.84. The third kappa shape index (κ3) is 5.64. The van der Waals surface area contributed by atoms with Crippen LogP contribution in [0.1, 0.15) is 59.8 Å². The molecular formula is C18H35N3O2. The molecule has 0 saturated carbocycles. The van der Waals surface area contributed by atoms with Crippen LogP contribution in [0.15, 0.2) is 0 Å². The molecule has 2 atom stereocenters. The molecule has 23 heavy (non-hydrogen) atoms. The molecule has 2 aliphatic rings. The highest BCUT2D eigenvalue weighted by Gasteiger charge is 2.34. The summed E-state index contributed by atoms with van der Waals surface area (Å²) in [5.41, 5.74) is -0.427. The van der Waals surface area contributed by atoms with Crippen molar-refractivity contribution in [3.8, 4) is 0 Å². The molecule has 134 valence electrons. The Kier molecular flexibility index (Phi) is 6.32. The first kappa shape index (κ1) is 18.5. The zero-order valence-electron chi connectivity index (χ0n) is 15.6. The van der Waals surface area contributed by atoms with Crippen LogP contribution in [0.5, 0.6) is 0 Å². The van der Waals surface area contributed by atoms with Crippen molar-refractivity contribution < 1.29 is 9.53 Å². The predicted octanol–water partition coefficient (Wildman–Crippen LogP) is 2.85. The molecule has 0 spiro atoms. The molecule has 0 bridgehead atoms. The molecule has 1 amide bonds. The largest absolute Gasteiger partial charge is 0.444 e. The van der Waals surface area contributed by atoms with Crippen LogP contribution in [-0.2, 0) is 4.74 Å². The number of carbonyl (C=O) groups excluding carboxylic acids is 1. The summed E-state index contributed by atoms with van der Waals surface area (Å²) in [5.74, 6) is 0. The maximum absolute atomic E-state index is 12.5. The van der Waals surface area contributed by atoms with E-state index in [0.717, 1.165) is 32.5 Å². The maximum Gasteiger partial charge on any atom is 0.410 e. The van der Waals surface area contributed by atoms with Crippen molar-refractivity contribution in [3.05, 3.63) is 0 Å². The summed E-state index contributed by atoms with van der Waals surface area (Å²) in [6, 6.07) is 1.14. The van der Waals surface area contributed by atoms with Gasteiger partial charge in [-0.15, -0.1) is 0 Å². The molecule has 1 N–H and O–H groups in total. The molecule has 1 unspecified atom stereocenters. The third-order valence-corrected chi connectivity index (χ3v) is 4.97. The molecule has 2 saturated heterocycles. The zero-order valence-corrected chi connectivity index (χ0v) is 15.6. The lowest BCUT2D eigenvalue weighted by Gasteiger charge is -2.42. The van der Waals surface area contributed by atoms with E-state index in [1.54, 1.807) is 0 Å².